The van der Waals surface area contributed by atoms with E-state index in [0.717, 1.165) is 17.5 Å². The van der Waals surface area contributed by atoms with Gasteiger partial charge in [0.2, 0.25) is 0 Å². The average Bonchev–Trinajstić information content (AvgIpc) is 2.68. The summed E-state index contributed by atoms with van der Waals surface area (Å²) >= 11 is 3.50. The van der Waals surface area contributed by atoms with Crippen molar-refractivity contribution < 1.29 is 14.3 Å². The van der Waals surface area contributed by atoms with Gasteiger partial charge in [0.25, 0.3) is 5.91 Å². The molecule has 0 saturated carbocycles. The van der Waals surface area contributed by atoms with Crippen LogP contribution in [0.15, 0.2) is 40.4 Å². The normalized spacial score (nSPS) is 11.0. The number of carbonyl (C=O) groups is 1. The number of halogens is 1. The van der Waals surface area contributed by atoms with Gasteiger partial charge in [-0.2, -0.15) is 5.26 Å². The molecule has 1 amide bonds. The predicted octanol–water partition coefficient (Wildman–Crippen LogP) is 5.80. The largest absolute Gasteiger partial charge is 0.490 e. The Morgan fingerprint density at radius 3 is 2.55 bits per heavy atom. The van der Waals surface area contributed by atoms with E-state index in [-0.39, 0.29) is 5.57 Å². The lowest BCUT2D eigenvalue weighted by molar-refractivity contribution is -0.112. The molecule has 2 aromatic carbocycles. The maximum atomic E-state index is 12.6. The molecule has 0 radical (unpaired) electrons. The topological polar surface area (TPSA) is 71.3 Å². The van der Waals surface area contributed by atoms with E-state index >= 15 is 0 Å². The van der Waals surface area contributed by atoms with Gasteiger partial charge in [0.15, 0.2) is 11.5 Å². The van der Waals surface area contributed by atoms with Gasteiger partial charge in [-0.3, -0.25) is 4.79 Å². The fourth-order valence-corrected chi connectivity index (χ4v) is 3.19. The van der Waals surface area contributed by atoms with E-state index in [1.807, 2.05) is 52.0 Å². The summed E-state index contributed by atoms with van der Waals surface area (Å²) in [4.78, 5) is 12.6. The van der Waals surface area contributed by atoms with Crippen molar-refractivity contribution in [3.63, 3.8) is 0 Å². The minimum atomic E-state index is -0.462. The van der Waals surface area contributed by atoms with E-state index in [9.17, 15) is 10.1 Å². The minimum absolute atomic E-state index is 0.000182. The molecule has 0 heterocycles. The molecule has 0 aliphatic carbocycles. The summed E-state index contributed by atoms with van der Waals surface area (Å²) < 4.78 is 12.2. The molecule has 152 valence electrons. The first-order valence-electron chi connectivity index (χ1n) is 9.49. The smallest absolute Gasteiger partial charge is 0.266 e. The van der Waals surface area contributed by atoms with Crippen LogP contribution in [-0.2, 0) is 4.79 Å². The van der Waals surface area contributed by atoms with Crippen molar-refractivity contribution in [3.05, 3.63) is 57.1 Å². The van der Waals surface area contributed by atoms with Crippen LogP contribution < -0.4 is 14.8 Å². The molecule has 5 nitrogen and oxygen atoms in total. The first-order valence-corrected chi connectivity index (χ1v) is 10.3. The first-order chi connectivity index (χ1) is 13.9. The van der Waals surface area contributed by atoms with Gasteiger partial charge in [-0.1, -0.05) is 13.0 Å². The summed E-state index contributed by atoms with van der Waals surface area (Å²) in [5, 5.41) is 12.3. The van der Waals surface area contributed by atoms with Crippen LogP contribution in [0.2, 0.25) is 0 Å². The van der Waals surface area contributed by atoms with Gasteiger partial charge < -0.3 is 14.8 Å². The zero-order chi connectivity index (χ0) is 21.4. The second kappa shape index (κ2) is 10.7. The van der Waals surface area contributed by atoms with Crippen molar-refractivity contribution in [1.82, 2.24) is 0 Å². The van der Waals surface area contributed by atoms with Crippen molar-refractivity contribution in [2.24, 2.45) is 0 Å². The lowest BCUT2D eigenvalue weighted by atomic mass is 10.1. The van der Waals surface area contributed by atoms with Crippen LogP contribution in [0.25, 0.3) is 6.08 Å². The molecule has 0 spiro atoms. The molecule has 2 rings (SSSR count). The summed E-state index contributed by atoms with van der Waals surface area (Å²) in [7, 11) is 0. The van der Waals surface area contributed by atoms with E-state index in [4.69, 9.17) is 9.47 Å². The Bertz CT molecular complexity index is 961. The van der Waals surface area contributed by atoms with Crippen LogP contribution in [0, 0.1) is 25.2 Å². The molecule has 0 fully saturated rings. The van der Waals surface area contributed by atoms with Gasteiger partial charge >= 0.3 is 0 Å². The third-order valence-electron chi connectivity index (χ3n) is 4.22. The highest BCUT2D eigenvalue weighted by atomic mass is 79.9. The summed E-state index contributed by atoms with van der Waals surface area (Å²) in [5.41, 5.74) is 3.52. The van der Waals surface area contributed by atoms with Gasteiger partial charge in [0.05, 0.1) is 17.7 Å². The second-order valence-electron chi connectivity index (χ2n) is 6.53. The van der Waals surface area contributed by atoms with E-state index < -0.39 is 5.91 Å². The van der Waals surface area contributed by atoms with Gasteiger partial charge in [0.1, 0.15) is 11.6 Å². The number of nitriles is 1. The molecule has 1 N–H and O–H groups in total. The monoisotopic (exact) mass is 456 g/mol. The van der Waals surface area contributed by atoms with Crippen molar-refractivity contribution in [2.45, 2.75) is 34.1 Å². The van der Waals surface area contributed by atoms with Crippen molar-refractivity contribution in [1.29, 1.82) is 5.26 Å². The van der Waals surface area contributed by atoms with Gasteiger partial charge in [0, 0.05) is 5.69 Å². The molecule has 0 aromatic heterocycles. The number of carbonyl (C=O) groups excluding carboxylic acids is 1. The molecular formula is C23H25BrN2O3. The molecule has 6 heteroatoms. The molecule has 0 unspecified atom stereocenters. The van der Waals surface area contributed by atoms with Crippen molar-refractivity contribution in [3.8, 4) is 17.6 Å². The molecule has 2 aromatic rings. The Morgan fingerprint density at radius 1 is 1.17 bits per heavy atom. The van der Waals surface area contributed by atoms with E-state index in [1.54, 1.807) is 12.1 Å². The predicted molar refractivity (Wildman–Crippen MR) is 119 cm³/mol. The molecular weight excluding hydrogens is 432 g/mol. The number of ether oxygens (including phenoxy) is 2. The summed E-state index contributed by atoms with van der Waals surface area (Å²) in [6.45, 7) is 8.93. The van der Waals surface area contributed by atoms with Gasteiger partial charge in [-0.05, 0) is 90.2 Å². The Morgan fingerprint density at radius 2 is 1.93 bits per heavy atom. The maximum absolute atomic E-state index is 12.6. The number of benzene rings is 2. The zero-order valence-electron chi connectivity index (χ0n) is 17.1. The molecule has 0 atom stereocenters. The number of amides is 1. The number of aryl methyl sites for hydroxylation is 2. The van der Waals surface area contributed by atoms with Crippen LogP contribution in [0.1, 0.15) is 37.0 Å². The number of nitrogens with zero attached hydrogens (tertiary/aromatic N) is 1. The summed E-state index contributed by atoms with van der Waals surface area (Å²) in [6.07, 6.45) is 2.41. The molecule has 0 aliphatic heterocycles. The Labute approximate surface area is 180 Å². The molecule has 0 bridgehead atoms. The fraction of sp³-hybridized carbons (Fsp3) is 0.304. The minimum Gasteiger partial charge on any atom is -0.490 e. The number of nitrogens with one attached hydrogen (secondary N) is 1. The lowest BCUT2D eigenvalue weighted by Gasteiger charge is -2.14. The number of rotatable bonds is 8. The molecule has 29 heavy (non-hydrogen) atoms. The zero-order valence-corrected chi connectivity index (χ0v) is 18.7. The average molecular weight is 457 g/mol. The Balaban J connectivity index is 2.32. The number of anilines is 1. The van der Waals surface area contributed by atoms with E-state index in [2.05, 4.69) is 21.2 Å². The summed E-state index contributed by atoms with van der Waals surface area (Å²) in [6, 6.07) is 11.2. The quantitative estimate of drug-likeness (QED) is 0.402. The van der Waals surface area contributed by atoms with E-state index in [0.29, 0.717) is 40.4 Å². The first kappa shape index (κ1) is 22.5. The van der Waals surface area contributed by atoms with E-state index in [1.165, 1.54) is 6.08 Å². The number of hydrogen-bond donors (Lipinski definition) is 1. The Hall–Kier alpha value is -2.78. The fourth-order valence-electron chi connectivity index (χ4n) is 2.61. The lowest BCUT2D eigenvalue weighted by Crippen LogP contribution is -2.13. The molecule has 0 saturated heterocycles. The third-order valence-corrected chi connectivity index (χ3v) is 4.81. The highest BCUT2D eigenvalue weighted by Crippen LogP contribution is 2.37. The number of hydrogen-bond acceptors (Lipinski definition) is 4. The highest BCUT2D eigenvalue weighted by molar-refractivity contribution is 9.10. The van der Waals surface area contributed by atoms with Crippen LogP contribution in [-0.4, -0.2) is 19.1 Å². The second-order valence-corrected chi connectivity index (χ2v) is 7.39. The SMILES string of the molecule is CCCOc1c(Br)cc(/C=C(\C#N)C(=O)Nc2ccc(C)c(C)c2)cc1OCC. The molecule has 0 aliphatic rings. The van der Waals surface area contributed by atoms with Crippen molar-refractivity contribution >= 4 is 33.6 Å². The van der Waals surface area contributed by atoms with Gasteiger partial charge in [-0.15, -0.1) is 0 Å². The van der Waals surface area contributed by atoms with Crippen LogP contribution in [0.5, 0.6) is 11.5 Å². The maximum Gasteiger partial charge on any atom is 0.266 e. The standard InChI is InChI=1S/C23H25BrN2O3/c1-5-9-29-22-20(24)12-17(13-21(22)28-6-2)11-18(14-25)23(27)26-19-8-7-15(3)16(4)10-19/h7-8,10-13H,5-6,9H2,1-4H3,(H,26,27)/b18-11+. The van der Waals surface area contributed by atoms with Crippen LogP contribution in [0.3, 0.4) is 0 Å². The van der Waals surface area contributed by atoms with Crippen LogP contribution >= 0.6 is 15.9 Å². The van der Waals surface area contributed by atoms with Crippen molar-refractivity contribution in [2.75, 3.05) is 18.5 Å². The van der Waals surface area contributed by atoms with Crippen LogP contribution in [0.4, 0.5) is 5.69 Å². The summed E-state index contributed by atoms with van der Waals surface area (Å²) in [5.74, 6) is 0.716. The highest BCUT2D eigenvalue weighted by Gasteiger charge is 2.14. The van der Waals surface area contributed by atoms with Gasteiger partial charge in [-0.25, -0.2) is 0 Å². The third kappa shape index (κ3) is 6.10. The Kier molecular flexibility index (Phi) is 8.29.